The first-order chi connectivity index (χ1) is 12.0. The van der Waals surface area contributed by atoms with Gasteiger partial charge in [0.2, 0.25) is 9.84 Å². The summed E-state index contributed by atoms with van der Waals surface area (Å²) in [5.41, 5.74) is 0.914. The molecule has 3 rings (SSSR count). The summed E-state index contributed by atoms with van der Waals surface area (Å²) in [6.45, 7) is 1.61. The number of ether oxygens (including phenoxy) is 1. The Hall–Kier alpha value is -1.67. The first-order valence-corrected chi connectivity index (χ1v) is 9.59. The van der Waals surface area contributed by atoms with Crippen LogP contribution in [0.3, 0.4) is 0 Å². The molecule has 0 radical (unpaired) electrons. The number of rotatable bonds is 6. The van der Waals surface area contributed by atoms with Gasteiger partial charge in [0.25, 0.3) is 0 Å². The number of hydrogen-bond donors (Lipinski definition) is 2. The van der Waals surface area contributed by atoms with E-state index in [1.54, 1.807) is 6.07 Å². The summed E-state index contributed by atoms with van der Waals surface area (Å²) in [6.07, 6.45) is 0.936. The monoisotopic (exact) mass is 401 g/mol. The molecule has 2 aromatic rings. The molecule has 142 valence electrons. The standard InChI is InChI=1S/C18H20FNO4S.ClH/c19-14-2-1-3-15(10-14)25(22,23)16-4-5-17(13-6-7-20-12-13)18(11-16)24-9-8-21;/h1-5,10-11,13,20-21H,6-9,12H2;1H. The van der Waals surface area contributed by atoms with Gasteiger partial charge in [0.15, 0.2) is 0 Å². The molecular formula is C18H21ClFNO4S. The van der Waals surface area contributed by atoms with Gasteiger partial charge < -0.3 is 15.2 Å². The van der Waals surface area contributed by atoms with Gasteiger partial charge in [-0.05, 0) is 48.9 Å². The van der Waals surface area contributed by atoms with Crippen LogP contribution in [0, 0.1) is 5.82 Å². The van der Waals surface area contributed by atoms with Crippen LogP contribution in [0.1, 0.15) is 17.9 Å². The summed E-state index contributed by atoms with van der Waals surface area (Å²) >= 11 is 0. The van der Waals surface area contributed by atoms with Crippen molar-refractivity contribution in [1.82, 2.24) is 5.32 Å². The summed E-state index contributed by atoms with van der Waals surface area (Å²) in [6, 6.07) is 9.66. The lowest BCUT2D eigenvalue weighted by molar-refractivity contribution is 0.199. The van der Waals surface area contributed by atoms with E-state index < -0.39 is 15.7 Å². The maximum absolute atomic E-state index is 13.4. The van der Waals surface area contributed by atoms with E-state index >= 15 is 0 Å². The molecular weight excluding hydrogens is 381 g/mol. The van der Waals surface area contributed by atoms with E-state index in [2.05, 4.69) is 5.32 Å². The Balaban J connectivity index is 0.00000243. The van der Waals surface area contributed by atoms with Gasteiger partial charge in [0.1, 0.15) is 18.2 Å². The van der Waals surface area contributed by atoms with E-state index in [0.717, 1.165) is 31.1 Å². The van der Waals surface area contributed by atoms with Crippen molar-refractivity contribution in [2.45, 2.75) is 22.1 Å². The average Bonchev–Trinajstić information content (AvgIpc) is 3.14. The van der Waals surface area contributed by atoms with Crippen molar-refractivity contribution in [2.75, 3.05) is 26.3 Å². The Morgan fingerprint density at radius 2 is 1.96 bits per heavy atom. The minimum Gasteiger partial charge on any atom is -0.491 e. The second kappa shape index (κ2) is 8.81. The van der Waals surface area contributed by atoms with Crippen LogP contribution in [0.25, 0.3) is 0 Å². The normalized spacial score (nSPS) is 16.9. The molecule has 1 saturated heterocycles. The second-order valence-electron chi connectivity index (χ2n) is 5.92. The second-order valence-corrected chi connectivity index (χ2v) is 7.87. The molecule has 2 N–H and O–H groups in total. The highest BCUT2D eigenvalue weighted by Gasteiger charge is 2.24. The molecule has 1 aliphatic rings. The summed E-state index contributed by atoms with van der Waals surface area (Å²) < 4.78 is 44.5. The zero-order valence-electron chi connectivity index (χ0n) is 14.0. The maximum Gasteiger partial charge on any atom is 0.206 e. The molecule has 0 bridgehead atoms. The van der Waals surface area contributed by atoms with Crippen molar-refractivity contribution in [3.05, 3.63) is 53.8 Å². The smallest absolute Gasteiger partial charge is 0.206 e. The lowest BCUT2D eigenvalue weighted by atomic mass is 9.97. The third-order valence-electron chi connectivity index (χ3n) is 4.25. The first kappa shape index (κ1) is 20.6. The van der Waals surface area contributed by atoms with Crippen LogP contribution in [-0.4, -0.2) is 39.8 Å². The van der Waals surface area contributed by atoms with Crippen LogP contribution in [0.4, 0.5) is 4.39 Å². The van der Waals surface area contributed by atoms with Gasteiger partial charge in [-0.15, -0.1) is 12.4 Å². The van der Waals surface area contributed by atoms with E-state index in [4.69, 9.17) is 9.84 Å². The summed E-state index contributed by atoms with van der Waals surface area (Å²) in [5.74, 6) is 0.0753. The largest absolute Gasteiger partial charge is 0.491 e. The van der Waals surface area contributed by atoms with Crippen molar-refractivity contribution in [3.8, 4) is 5.75 Å². The third-order valence-corrected chi connectivity index (χ3v) is 6.00. The predicted molar refractivity (Wildman–Crippen MR) is 98.4 cm³/mol. The maximum atomic E-state index is 13.4. The van der Waals surface area contributed by atoms with Gasteiger partial charge in [0, 0.05) is 12.5 Å². The van der Waals surface area contributed by atoms with Gasteiger partial charge in [-0.1, -0.05) is 12.1 Å². The number of halogens is 2. The van der Waals surface area contributed by atoms with Crippen molar-refractivity contribution >= 4 is 22.2 Å². The van der Waals surface area contributed by atoms with E-state index in [1.165, 1.54) is 30.3 Å². The van der Waals surface area contributed by atoms with Crippen molar-refractivity contribution in [1.29, 1.82) is 0 Å². The molecule has 0 aliphatic carbocycles. The van der Waals surface area contributed by atoms with E-state index in [1.807, 2.05) is 0 Å². The van der Waals surface area contributed by atoms with Gasteiger partial charge >= 0.3 is 0 Å². The van der Waals surface area contributed by atoms with E-state index in [-0.39, 0.29) is 41.3 Å². The van der Waals surface area contributed by atoms with Crippen LogP contribution in [0.15, 0.2) is 52.3 Å². The zero-order chi connectivity index (χ0) is 17.9. The summed E-state index contributed by atoms with van der Waals surface area (Å²) in [7, 11) is -3.85. The van der Waals surface area contributed by atoms with Gasteiger partial charge in [0.05, 0.1) is 16.4 Å². The van der Waals surface area contributed by atoms with Gasteiger partial charge in [-0.3, -0.25) is 0 Å². The molecule has 1 aliphatic heterocycles. The topological polar surface area (TPSA) is 75.6 Å². The fourth-order valence-electron chi connectivity index (χ4n) is 2.99. The van der Waals surface area contributed by atoms with Crippen LogP contribution >= 0.6 is 12.4 Å². The van der Waals surface area contributed by atoms with Crippen LogP contribution in [-0.2, 0) is 9.84 Å². The highest BCUT2D eigenvalue weighted by Crippen LogP contribution is 2.34. The Morgan fingerprint density at radius 1 is 1.19 bits per heavy atom. The quantitative estimate of drug-likeness (QED) is 0.778. The van der Waals surface area contributed by atoms with Gasteiger partial charge in [-0.2, -0.15) is 0 Å². The number of sulfone groups is 1. The zero-order valence-corrected chi connectivity index (χ0v) is 15.7. The summed E-state index contributed by atoms with van der Waals surface area (Å²) in [5, 5.41) is 12.3. The number of aliphatic hydroxyl groups is 1. The number of aliphatic hydroxyl groups excluding tert-OH is 1. The fourth-order valence-corrected chi connectivity index (χ4v) is 4.30. The Bertz CT molecular complexity index is 854. The molecule has 1 fully saturated rings. The van der Waals surface area contributed by atoms with E-state index in [0.29, 0.717) is 5.75 Å². The minimum absolute atomic E-state index is 0. The fraction of sp³-hybridized carbons (Fsp3) is 0.333. The molecule has 1 unspecified atom stereocenters. The highest BCUT2D eigenvalue weighted by molar-refractivity contribution is 7.91. The molecule has 1 heterocycles. The average molecular weight is 402 g/mol. The van der Waals surface area contributed by atoms with Gasteiger partial charge in [-0.25, -0.2) is 12.8 Å². The van der Waals surface area contributed by atoms with Crippen LogP contribution in [0.2, 0.25) is 0 Å². The molecule has 8 heteroatoms. The molecule has 1 atom stereocenters. The molecule has 5 nitrogen and oxygen atoms in total. The third kappa shape index (κ3) is 4.35. The van der Waals surface area contributed by atoms with Crippen LogP contribution < -0.4 is 10.1 Å². The summed E-state index contributed by atoms with van der Waals surface area (Å²) in [4.78, 5) is -0.0587. The van der Waals surface area contributed by atoms with Crippen LogP contribution in [0.5, 0.6) is 5.75 Å². The van der Waals surface area contributed by atoms with Crippen molar-refractivity contribution in [2.24, 2.45) is 0 Å². The number of benzene rings is 2. The SMILES string of the molecule is Cl.O=S(=O)(c1cccc(F)c1)c1ccc(C2CCNC2)c(OCCO)c1. The minimum atomic E-state index is -3.85. The highest BCUT2D eigenvalue weighted by atomic mass is 35.5. The van der Waals surface area contributed by atoms with Crippen molar-refractivity contribution in [3.63, 3.8) is 0 Å². The molecule has 0 saturated carbocycles. The first-order valence-electron chi connectivity index (χ1n) is 8.11. The number of hydrogen-bond acceptors (Lipinski definition) is 5. The molecule has 0 amide bonds. The molecule has 0 spiro atoms. The lowest BCUT2D eigenvalue weighted by Crippen LogP contribution is -2.11. The molecule has 26 heavy (non-hydrogen) atoms. The lowest BCUT2D eigenvalue weighted by Gasteiger charge is -2.17. The Morgan fingerprint density at radius 3 is 2.62 bits per heavy atom. The molecule has 0 aromatic heterocycles. The van der Waals surface area contributed by atoms with E-state index in [9.17, 15) is 12.8 Å². The predicted octanol–water partition coefficient (Wildman–Crippen LogP) is 2.53. The Kier molecular flexibility index (Phi) is 7.00. The van der Waals surface area contributed by atoms with Crippen molar-refractivity contribution < 1.29 is 22.7 Å². The Labute approximate surface area is 158 Å². The number of nitrogens with one attached hydrogen (secondary N) is 1. The molecule has 2 aromatic carbocycles.